The molecule has 0 aliphatic rings. The molecule has 18 heavy (non-hydrogen) atoms. The van der Waals surface area contributed by atoms with Crippen molar-refractivity contribution in [2.45, 2.75) is 51.5 Å². The van der Waals surface area contributed by atoms with Crippen LogP contribution in [0.2, 0.25) is 6.04 Å². The van der Waals surface area contributed by atoms with Gasteiger partial charge in [0, 0.05) is 33.9 Å². The summed E-state index contributed by atoms with van der Waals surface area (Å²) in [7, 11) is 2.49. The Morgan fingerprint density at radius 3 is 2.11 bits per heavy atom. The van der Waals surface area contributed by atoms with E-state index < -0.39 is 8.80 Å². The zero-order chi connectivity index (χ0) is 13.7. The summed E-state index contributed by atoms with van der Waals surface area (Å²) in [4.78, 5) is 4.39. The van der Waals surface area contributed by atoms with Crippen LogP contribution in [0.5, 0.6) is 0 Å². The van der Waals surface area contributed by atoms with E-state index in [4.69, 9.17) is 13.3 Å². The van der Waals surface area contributed by atoms with Crippen LogP contribution in [0.4, 0.5) is 0 Å². The molecule has 0 radical (unpaired) electrons. The Labute approximate surface area is 113 Å². The van der Waals surface area contributed by atoms with Gasteiger partial charge in [0.05, 0.1) is 0 Å². The van der Waals surface area contributed by atoms with Crippen LogP contribution in [0.15, 0.2) is 4.99 Å². The Morgan fingerprint density at radius 2 is 1.56 bits per heavy atom. The van der Waals surface area contributed by atoms with Crippen molar-refractivity contribution >= 4 is 15.0 Å². The zero-order valence-electron chi connectivity index (χ0n) is 12.4. The van der Waals surface area contributed by atoms with E-state index in [1.165, 1.54) is 32.1 Å². The maximum absolute atomic E-state index is 5.33. The van der Waals surface area contributed by atoms with Gasteiger partial charge in [0.15, 0.2) is 0 Å². The van der Waals surface area contributed by atoms with Crippen LogP contribution in [-0.4, -0.2) is 42.9 Å². The molecule has 0 aromatic rings. The molecule has 0 heterocycles. The first-order valence-electron chi connectivity index (χ1n) is 6.88. The first-order valence-corrected chi connectivity index (χ1v) is 8.81. The lowest BCUT2D eigenvalue weighted by molar-refractivity contribution is 0.124. The molecule has 0 aromatic heterocycles. The maximum Gasteiger partial charge on any atom is 0.502 e. The third kappa shape index (κ3) is 7.97. The minimum atomic E-state index is -2.42. The molecule has 0 aliphatic heterocycles. The Bertz CT molecular complexity index is 200. The van der Waals surface area contributed by atoms with E-state index in [2.05, 4.69) is 11.9 Å². The van der Waals surface area contributed by atoms with E-state index >= 15 is 0 Å². The number of nitrogens with zero attached hydrogens (tertiary/aromatic N) is 1. The predicted octanol–water partition coefficient (Wildman–Crippen LogP) is 3.30. The molecule has 0 unspecified atom stereocenters. The van der Waals surface area contributed by atoms with Crippen LogP contribution in [0.1, 0.15) is 45.4 Å². The molecule has 0 atom stereocenters. The molecule has 0 bridgehead atoms. The van der Waals surface area contributed by atoms with Crippen molar-refractivity contribution in [1.29, 1.82) is 0 Å². The van der Waals surface area contributed by atoms with Gasteiger partial charge in [-0.05, 0) is 19.1 Å². The van der Waals surface area contributed by atoms with Crippen LogP contribution >= 0.6 is 0 Å². The molecule has 0 fully saturated rings. The molecule has 0 amide bonds. The van der Waals surface area contributed by atoms with E-state index in [9.17, 15) is 0 Å². The topological polar surface area (TPSA) is 40.0 Å². The minimum absolute atomic E-state index is 0.719. The van der Waals surface area contributed by atoms with Gasteiger partial charge in [-0.1, -0.05) is 32.6 Å². The highest BCUT2D eigenvalue weighted by atomic mass is 28.4. The second-order valence-electron chi connectivity index (χ2n) is 4.34. The summed E-state index contributed by atoms with van der Waals surface area (Å²) in [6, 6.07) is 0.739. The van der Waals surface area contributed by atoms with E-state index in [-0.39, 0.29) is 0 Å². The SMILES string of the molecule is CCCCCCC/C=N/CC[Si](OC)(OC)OC. The van der Waals surface area contributed by atoms with Gasteiger partial charge in [0.25, 0.3) is 0 Å². The number of hydrogen-bond donors (Lipinski definition) is 0. The average Bonchev–Trinajstić information content (AvgIpc) is 2.42. The van der Waals surface area contributed by atoms with Crippen molar-refractivity contribution in [2.75, 3.05) is 27.9 Å². The lowest BCUT2D eigenvalue weighted by Crippen LogP contribution is -2.43. The van der Waals surface area contributed by atoms with E-state index in [1.807, 2.05) is 6.21 Å². The molecule has 4 nitrogen and oxygen atoms in total. The van der Waals surface area contributed by atoms with Crippen LogP contribution in [0.25, 0.3) is 0 Å². The smallest absolute Gasteiger partial charge is 0.377 e. The van der Waals surface area contributed by atoms with Crippen LogP contribution < -0.4 is 0 Å². The number of aliphatic imine (C=N–C) groups is 1. The summed E-state index contributed by atoms with van der Waals surface area (Å²) in [5, 5.41) is 0. The monoisotopic (exact) mass is 275 g/mol. The van der Waals surface area contributed by atoms with Gasteiger partial charge in [-0.25, -0.2) is 0 Å². The summed E-state index contributed by atoms with van der Waals surface area (Å²) >= 11 is 0. The summed E-state index contributed by atoms with van der Waals surface area (Å²) in [5.41, 5.74) is 0. The third-order valence-electron chi connectivity index (χ3n) is 3.05. The van der Waals surface area contributed by atoms with Gasteiger partial charge in [0.1, 0.15) is 0 Å². The van der Waals surface area contributed by atoms with Crippen LogP contribution in [-0.2, 0) is 13.3 Å². The molecule has 0 saturated carbocycles. The number of rotatable bonds is 12. The van der Waals surface area contributed by atoms with Gasteiger partial charge in [-0.2, -0.15) is 0 Å². The van der Waals surface area contributed by atoms with Gasteiger partial charge in [-0.15, -0.1) is 0 Å². The molecular weight excluding hydrogens is 246 g/mol. The Balaban J connectivity index is 3.57. The molecule has 0 rings (SSSR count). The summed E-state index contributed by atoms with van der Waals surface area (Å²) in [5.74, 6) is 0. The highest BCUT2D eigenvalue weighted by Gasteiger charge is 2.36. The van der Waals surface area contributed by atoms with Crippen molar-refractivity contribution in [1.82, 2.24) is 0 Å². The molecule has 108 valence electrons. The molecule has 0 aliphatic carbocycles. The van der Waals surface area contributed by atoms with Crippen molar-refractivity contribution < 1.29 is 13.3 Å². The minimum Gasteiger partial charge on any atom is -0.377 e. The largest absolute Gasteiger partial charge is 0.502 e. The van der Waals surface area contributed by atoms with Gasteiger partial charge < -0.3 is 13.3 Å². The average molecular weight is 275 g/mol. The fourth-order valence-corrected chi connectivity index (χ4v) is 3.29. The van der Waals surface area contributed by atoms with Crippen LogP contribution in [0, 0.1) is 0 Å². The predicted molar refractivity (Wildman–Crippen MR) is 78.3 cm³/mol. The second kappa shape index (κ2) is 11.8. The number of hydrogen-bond acceptors (Lipinski definition) is 4. The third-order valence-corrected chi connectivity index (χ3v) is 5.75. The maximum atomic E-state index is 5.33. The first-order chi connectivity index (χ1) is 8.74. The summed E-state index contributed by atoms with van der Waals surface area (Å²) in [6.07, 6.45) is 9.64. The highest BCUT2D eigenvalue weighted by Crippen LogP contribution is 2.12. The van der Waals surface area contributed by atoms with Crippen molar-refractivity contribution in [3.63, 3.8) is 0 Å². The first kappa shape index (κ1) is 17.8. The van der Waals surface area contributed by atoms with Gasteiger partial charge >= 0.3 is 8.80 Å². The van der Waals surface area contributed by atoms with Crippen molar-refractivity contribution in [3.05, 3.63) is 0 Å². The Morgan fingerprint density at radius 1 is 0.944 bits per heavy atom. The fourth-order valence-electron chi connectivity index (χ4n) is 1.78. The molecule has 0 N–H and O–H groups in total. The molecule has 0 saturated heterocycles. The lowest BCUT2D eigenvalue weighted by atomic mass is 10.1. The van der Waals surface area contributed by atoms with Crippen molar-refractivity contribution in [2.24, 2.45) is 4.99 Å². The molecular formula is C13H29NO3Si. The lowest BCUT2D eigenvalue weighted by Gasteiger charge is -2.23. The second-order valence-corrected chi connectivity index (χ2v) is 7.43. The zero-order valence-corrected chi connectivity index (χ0v) is 13.4. The quantitative estimate of drug-likeness (QED) is 0.312. The van der Waals surface area contributed by atoms with E-state index in [1.54, 1.807) is 21.3 Å². The van der Waals surface area contributed by atoms with Gasteiger partial charge in [-0.3, -0.25) is 4.99 Å². The number of unbranched alkanes of at least 4 members (excludes halogenated alkanes) is 5. The van der Waals surface area contributed by atoms with Crippen LogP contribution in [0.3, 0.4) is 0 Å². The van der Waals surface area contributed by atoms with Crippen molar-refractivity contribution in [3.8, 4) is 0 Å². The highest BCUT2D eigenvalue weighted by molar-refractivity contribution is 6.60. The molecule has 0 aromatic carbocycles. The summed E-state index contributed by atoms with van der Waals surface area (Å²) in [6.45, 7) is 2.95. The van der Waals surface area contributed by atoms with E-state index in [0.717, 1.165) is 19.0 Å². The van der Waals surface area contributed by atoms with Gasteiger partial charge in [0.2, 0.25) is 0 Å². The Kier molecular flexibility index (Phi) is 11.7. The van der Waals surface area contributed by atoms with E-state index in [0.29, 0.717) is 0 Å². The normalized spacial score (nSPS) is 12.4. The Hall–Kier alpha value is -0.233. The fraction of sp³-hybridized carbons (Fsp3) is 0.923. The molecule has 0 spiro atoms. The molecule has 5 heteroatoms. The summed E-state index contributed by atoms with van der Waals surface area (Å²) < 4.78 is 16.0. The standard InChI is InChI=1S/C13H29NO3Si/c1-5-6-7-8-9-10-11-14-12-13-18(15-2,16-3)17-4/h11H,5-10,12-13H2,1-4H3/b14-11+.